The van der Waals surface area contributed by atoms with Gasteiger partial charge in [0.25, 0.3) is 0 Å². The van der Waals surface area contributed by atoms with Gasteiger partial charge in [-0.05, 0) is 48.8 Å². The Balaban J connectivity index is 0.000000287. The minimum Gasteiger partial charge on any atom is -0.381 e. The maximum absolute atomic E-state index is 5.17. The van der Waals surface area contributed by atoms with Crippen molar-refractivity contribution < 1.29 is 4.52 Å². The van der Waals surface area contributed by atoms with Gasteiger partial charge >= 0.3 is 0 Å². The second-order valence-electron chi connectivity index (χ2n) is 7.10. The zero-order chi connectivity index (χ0) is 16.8. The molecule has 0 saturated carbocycles. The first kappa shape index (κ1) is 18.6. The third-order valence-electron chi connectivity index (χ3n) is 3.13. The molecule has 4 heteroatoms. The van der Waals surface area contributed by atoms with Crippen LogP contribution >= 0.6 is 12.6 Å². The van der Waals surface area contributed by atoms with E-state index in [9.17, 15) is 0 Å². The Kier molecular flexibility index (Phi) is 7.01. The molecular formula is C18H28N2OS. The Bertz CT molecular complexity index is 539. The van der Waals surface area contributed by atoms with Crippen LogP contribution < -0.4 is 5.73 Å². The fraction of sp³-hybridized carbons (Fsp3) is 0.500. The van der Waals surface area contributed by atoms with Crippen LogP contribution in [0.15, 0.2) is 39.8 Å². The summed E-state index contributed by atoms with van der Waals surface area (Å²) < 4.78 is 4.59. The average molecular weight is 321 g/mol. The van der Waals surface area contributed by atoms with Crippen LogP contribution in [0.4, 0.5) is 5.82 Å². The lowest BCUT2D eigenvalue weighted by atomic mass is 9.83. The quantitative estimate of drug-likeness (QED) is 0.768. The Morgan fingerprint density at radius 2 is 1.82 bits per heavy atom. The van der Waals surface area contributed by atoms with E-state index in [-0.39, 0.29) is 0 Å². The van der Waals surface area contributed by atoms with E-state index in [0.717, 1.165) is 16.6 Å². The highest BCUT2D eigenvalue weighted by Gasteiger charge is 2.15. The first-order valence-electron chi connectivity index (χ1n) is 7.62. The van der Waals surface area contributed by atoms with E-state index in [0.29, 0.717) is 11.2 Å². The zero-order valence-corrected chi connectivity index (χ0v) is 15.2. The van der Waals surface area contributed by atoms with Crippen LogP contribution in [0.25, 0.3) is 0 Å². The lowest BCUT2D eigenvalue weighted by Gasteiger charge is -2.23. The van der Waals surface area contributed by atoms with Gasteiger partial charge in [-0.2, -0.15) is 0 Å². The number of nitrogens with zero attached hydrogens (tertiary/aromatic N) is 1. The first-order valence-corrected chi connectivity index (χ1v) is 8.07. The van der Waals surface area contributed by atoms with Crippen LogP contribution in [0, 0.1) is 18.3 Å². The fourth-order valence-corrected chi connectivity index (χ4v) is 2.69. The van der Waals surface area contributed by atoms with Crippen molar-refractivity contribution in [3.05, 3.63) is 41.7 Å². The van der Waals surface area contributed by atoms with Gasteiger partial charge in [0.2, 0.25) is 0 Å². The van der Waals surface area contributed by atoms with Crippen molar-refractivity contribution in [3.63, 3.8) is 0 Å². The molecule has 0 amide bonds. The van der Waals surface area contributed by atoms with Gasteiger partial charge in [0.05, 0.1) is 0 Å². The molecule has 2 rings (SSSR count). The van der Waals surface area contributed by atoms with Crippen molar-refractivity contribution in [2.24, 2.45) is 11.3 Å². The number of nitrogen functional groups attached to an aromatic ring is 1. The number of rotatable bonds is 3. The molecule has 2 N–H and O–H groups in total. The molecule has 0 aliphatic heterocycles. The Morgan fingerprint density at radius 1 is 1.23 bits per heavy atom. The fourth-order valence-electron chi connectivity index (χ4n) is 2.54. The highest BCUT2D eigenvalue weighted by molar-refractivity contribution is 7.80. The van der Waals surface area contributed by atoms with Crippen LogP contribution in [0.2, 0.25) is 0 Å². The Hall–Kier alpha value is -1.42. The number of hydrogen-bond donors (Lipinski definition) is 2. The highest BCUT2D eigenvalue weighted by Crippen LogP contribution is 2.26. The summed E-state index contributed by atoms with van der Waals surface area (Å²) in [5.74, 6) is 1.94. The van der Waals surface area contributed by atoms with E-state index in [2.05, 4.69) is 74.3 Å². The van der Waals surface area contributed by atoms with E-state index < -0.39 is 0 Å². The summed E-state index contributed by atoms with van der Waals surface area (Å²) in [4.78, 5) is 1.04. The summed E-state index contributed by atoms with van der Waals surface area (Å²) >= 11 is 4.29. The lowest BCUT2D eigenvalue weighted by molar-refractivity contribution is 0.306. The molecule has 0 aliphatic carbocycles. The zero-order valence-electron chi connectivity index (χ0n) is 14.3. The maximum Gasteiger partial charge on any atom is 0.167 e. The molecule has 122 valence electrons. The second kappa shape index (κ2) is 8.28. The monoisotopic (exact) mass is 320 g/mol. The van der Waals surface area contributed by atoms with Crippen molar-refractivity contribution in [2.45, 2.75) is 52.4 Å². The summed E-state index contributed by atoms with van der Waals surface area (Å²) in [5.41, 5.74) is 7.03. The number of thiol groups is 1. The second-order valence-corrected chi connectivity index (χ2v) is 7.62. The van der Waals surface area contributed by atoms with Crippen molar-refractivity contribution in [1.82, 2.24) is 5.16 Å². The molecule has 0 radical (unpaired) electrons. The molecular weight excluding hydrogens is 292 g/mol. The van der Waals surface area contributed by atoms with E-state index in [1.165, 1.54) is 18.4 Å². The van der Waals surface area contributed by atoms with Crippen molar-refractivity contribution >= 4 is 18.4 Å². The van der Waals surface area contributed by atoms with Crippen LogP contribution in [0.5, 0.6) is 0 Å². The standard InChI is InChI=1S/C14H22S.C4H6N2O/c1-11(10-14(2,3)4)9-12-5-7-13(15)8-6-12;1-3-2-4(5)6-7-3/h5-8,11,15H,9-10H2,1-4H3;2H,1H3,(H2,5,6). The van der Waals surface area contributed by atoms with Gasteiger partial charge in [-0.25, -0.2) is 0 Å². The number of nitrogens with two attached hydrogens (primary N) is 1. The third kappa shape index (κ3) is 8.13. The molecule has 1 aromatic carbocycles. The van der Waals surface area contributed by atoms with Crippen molar-refractivity contribution in [1.29, 1.82) is 0 Å². The molecule has 1 atom stereocenters. The number of hydrogen-bond acceptors (Lipinski definition) is 4. The summed E-state index contributed by atoms with van der Waals surface area (Å²) in [6.07, 6.45) is 2.45. The molecule has 0 bridgehead atoms. The van der Waals surface area contributed by atoms with Gasteiger partial charge < -0.3 is 10.3 Å². The normalized spacial score (nSPS) is 12.5. The molecule has 0 aliphatic rings. The van der Waals surface area contributed by atoms with Gasteiger partial charge in [-0.3, -0.25) is 0 Å². The molecule has 22 heavy (non-hydrogen) atoms. The molecule has 1 aromatic heterocycles. The molecule has 0 spiro atoms. The number of benzene rings is 1. The smallest absolute Gasteiger partial charge is 0.167 e. The summed E-state index contributed by atoms with van der Waals surface area (Å²) in [7, 11) is 0. The SMILES string of the molecule is CC(Cc1ccc(S)cc1)CC(C)(C)C.Cc1cc(N)no1. The van der Waals surface area contributed by atoms with Gasteiger partial charge in [0, 0.05) is 11.0 Å². The van der Waals surface area contributed by atoms with Gasteiger partial charge in [0.15, 0.2) is 5.82 Å². The largest absolute Gasteiger partial charge is 0.381 e. The first-order chi connectivity index (χ1) is 10.2. The molecule has 0 saturated heterocycles. The van der Waals surface area contributed by atoms with Crippen molar-refractivity contribution in [3.8, 4) is 0 Å². The molecule has 2 aromatic rings. The Labute approximate surface area is 139 Å². The van der Waals surface area contributed by atoms with Crippen LogP contribution in [0.3, 0.4) is 0 Å². The van der Waals surface area contributed by atoms with Crippen LogP contribution in [0.1, 0.15) is 45.4 Å². The molecule has 0 fully saturated rings. The van der Waals surface area contributed by atoms with Gasteiger partial charge in [-0.1, -0.05) is 45.0 Å². The molecule has 3 nitrogen and oxygen atoms in total. The predicted octanol–water partition coefficient (Wildman–Crippen LogP) is 5.16. The summed E-state index contributed by atoms with van der Waals surface area (Å²) in [6.45, 7) is 11.0. The minimum atomic E-state index is 0.433. The third-order valence-corrected chi connectivity index (χ3v) is 3.43. The van der Waals surface area contributed by atoms with E-state index in [1.807, 2.05) is 0 Å². The topological polar surface area (TPSA) is 52.0 Å². The van der Waals surface area contributed by atoms with E-state index in [1.54, 1.807) is 13.0 Å². The highest BCUT2D eigenvalue weighted by atomic mass is 32.1. The van der Waals surface area contributed by atoms with E-state index in [4.69, 9.17) is 5.73 Å². The van der Waals surface area contributed by atoms with Crippen molar-refractivity contribution in [2.75, 3.05) is 5.73 Å². The Morgan fingerprint density at radius 3 is 2.18 bits per heavy atom. The van der Waals surface area contributed by atoms with E-state index >= 15 is 0 Å². The molecule has 1 heterocycles. The number of aryl methyl sites for hydroxylation is 1. The minimum absolute atomic E-state index is 0.433. The number of aromatic nitrogens is 1. The lowest BCUT2D eigenvalue weighted by Crippen LogP contribution is -2.12. The summed E-state index contributed by atoms with van der Waals surface area (Å²) in [6, 6.07) is 10.2. The number of anilines is 1. The van der Waals surface area contributed by atoms with Gasteiger partial charge in [0.1, 0.15) is 5.76 Å². The molecule has 1 unspecified atom stereocenters. The van der Waals surface area contributed by atoms with Gasteiger partial charge in [-0.15, -0.1) is 12.6 Å². The average Bonchev–Trinajstić information content (AvgIpc) is 2.74. The summed E-state index contributed by atoms with van der Waals surface area (Å²) in [5, 5.41) is 3.42. The van der Waals surface area contributed by atoms with Crippen LogP contribution in [-0.4, -0.2) is 5.16 Å². The van der Waals surface area contributed by atoms with Crippen LogP contribution in [-0.2, 0) is 6.42 Å². The maximum atomic E-state index is 5.17. The predicted molar refractivity (Wildman–Crippen MR) is 96.3 cm³/mol.